The molecule has 0 heterocycles. The van der Waals surface area contributed by atoms with Gasteiger partial charge in [0.2, 0.25) is 0 Å². The van der Waals surface area contributed by atoms with Crippen molar-refractivity contribution in [2.45, 2.75) is 126 Å². The van der Waals surface area contributed by atoms with Gasteiger partial charge in [-0.1, -0.05) is 92.4 Å². The van der Waals surface area contributed by atoms with Gasteiger partial charge in [0.1, 0.15) is 6.10 Å². The number of ether oxygens (including phenoxy) is 2. The molecule has 4 heteroatoms. The molecule has 0 bridgehead atoms. The Balaban J connectivity index is 1.31. The standard InChI is InChI=1S/C40H60O4/c1-26(2)11-10-12-27(3)29-19-23-40(8)31-15-17-34-37(4,5)35(21-22-38(34,6)30(31)20-24-39(29,40)7)44-36(42)18-14-28-13-16-32(41)33(25-28)43-9/h13-14,16-18,25-27,29-31,35,41H,10-12,15,19-24H2,1-9H3/b18-14+/t27-,29-,30+,31-,35+,38-,39-,40+/m1/s1. The van der Waals surface area contributed by atoms with Crippen molar-refractivity contribution in [2.24, 2.45) is 51.2 Å². The summed E-state index contributed by atoms with van der Waals surface area (Å²) in [6.07, 6.45) is 18.5. The van der Waals surface area contributed by atoms with E-state index in [1.165, 1.54) is 70.1 Å². The first-order chi connectivity index (χ1) is 20.7. The molecule has 1 aromatic rings. The van der Waals surface area contributed by atoms with Crippen LogP contribution in [0, 0.1) is 51.2 Å². The summed E-state index contributed by atoms with van der Waals surface area (Å²) in [5, 5.41) is 9.88. The topological polar surface area (TPSA) is 55.8 Å². The van der Waals surface area contributed by atoms with Gasteiger partial charge < -0.3 is 14.6 Å². The minimum atomic E-state index is -0.312. The summed E-state index contributed by atoms with van der Waals surface area (Å²) in [7, 11) is 1.52. The van der Waals surface area contributed by atoms with E-state index in [9.17, 15) is 9.90 Å². The molecule has 3 fully saturated rings. The number of hydrogen-bond donors (Lipinski definition) is 1. The van der Waals surface area contributed by atoms with E-state index in [-0.39, 0.29) is 28.7 Å². The summed E-state index contributed by atoms with van der Waals surface area (Å²) < 4.78 is 11.4. The van der Waals surface area contributed by atoms with Crippen molar-refractivity contribution in [3.63, 3.8) is 0 Å². The number of allylic oxidation sites excluding steroid dienone is 1. The van der Waals surface area contributed by atoms with Crippen LogP contribution in [0.2, 0.25) is 0 Å². The summed E-state index contributed by atoms with van der Waals surface area (Å²) >= 11 is 0. The number of carbonyl (C=O) groups excluding carboxylic acids is 1. The fraction of sp³-hybridized carbons (Fsp3) is 0.725. The number of benzene rings is 1. The third kappa shape index (κ3) is 5.55. The van der Waals surface area contributed by atoms with Gasteiger partial charge in [-0.05, 0) is 115 Å². The van der Waals surface area contributed by atoms with Crippen LogP contribution >= 0.6 is 0 Å². The van der Waals surface area contributed by atoms with Crippen molar-refractivity contribution in [3.8, 4) is 11.5 Å². The number of esters is 1. The number of aromatic hydroxyl groups is 1. The van der Waals surface area contributed by atoms with Crippen molar-refractivity contribution in [1.82, 2.24) is 0 Å². The van der Waals surface area contributed by atoms with Crippen LogP contribution in [-0.2, 0) is 9.53 Å². The number of rotatable bonds is 9. The minimum absolute atomic E-state index is 0.0817. The SMILES string of the molecule is COc1cc(/C=C/C(=O)O[C@H]2CC[C@@]3(C)C(=CC[C@@H]4[C@@H]3CC[C@]3(C)[C@@H]([C@H](C)CCCC(C)C)CC[C@@]43C)C2(C)C)ccc1O. The van der Waals surface area contributed by atoms with Crippen molar-refractivity contribution < 1.29 is 19.4 Å². The molecule has 3 saturated carbocycles. The Kier molecular flexibility index (Phi) is 9.17. The van der Waals surface area contributed by atoms with Crippen LogP contribution in [0.15, 0.2) is 35.9 Å². The Morgan fingerprint density at radius 2 is 1.70 bits per heavy atom. The Bertz CT molecular complexity index is 1270. The first-order valence-corrected chi connectivity index (χ1v) is 17.6. The van der Waals surface area contributed by atoms with Crippen LogP contribution in [0.25, 0.3) is 6.08 Å². The van der Waals surface area contributed by atoms with Gasteiger partial charge in [0, 0.05) is 11.5 Å². The first kappa shape index (κ1) is 33.1. The van der Waals surface area contributed by atoms with E-state index >= 15 is 0 Å². The molecule has 4 nitrogen and oxygen atoms in total. The van der Waals surface area contributed by atoms with Crippen molar-refractivity contribution in [3.05, 3.63) is 41.5 Å². The highest BCUT2D eigenvalue weighted by molar-refractivity contribution is 5.87. The van der Waals surface area contributed by atoms with Gasteiger partial charge in [0.25, 0.3) is 0 Å². The molecule has 44 heavy (non-hydrogen) atoms. The predicted molar refractivity (Wildman–Crippen MR) is 180 cm³/mol. The maximum Gasteiger partial charge on any atom is 0.331 e. The van der Waals surface area contributed by atoms with Crippen LogP contribution in [0.1, 0.15) is 125 Å². The van der Waals surface area contributed by atoms with Crippen molar-refractivity contribution >= 4 is 12.0 Å². The average molecular weight is 605 g/mol. The zero-order valence-electron chi connectivity index (χ0n) is 29.2. The highest BCUT2D eigenvalue weighted by Gasteiger charge is 2.66. The second kappa shape index (κ2) is 12.2. The van der Waals surface area contributed by atoms with Gasteiger partial charge in [0.15, 0.2) is 11.5 Å². The van der Waals surface area contributed by atoms with E-state index in [0.29, 0.717) is 22.5 Å². The van der Waals surface area contributed by atoms with Crippen LogP contribution in [0.5, 0.6) is 11.5 Å². The molecular weight excluding hydrogens is 544 g/mol. The third-order valence-electron chi connectivity index (χ3n) is 13.8. The van der Waals surface area contributed by atoms with Gasteiger partial charge in [0.05, 0.1) is 7.11 Å². The lowest BCUT2D eigenvalue weighted by molar-refractivity contribution is -0.156. The normalized spacial score (nSPS) is 36.7. The van der Waals surface area contributed by atoms with Gasteiger partial charge in [-0.25, -0.2) is 4.79 Å². The zero-order valence-corrected chi connectivity index (χ0v) is 29.2. The summed E-state index contributed by atoms with van der Waals surface area (Å²) in [4.78, 5) is 13.0. The van der Waals surface area contributed by atoms with E-state index in [4.69, 9.17) is 9.47 Å². The highest BCUT2D eigenvalue weighted by Crippen LogP contribution is 2.73. The molecule has 4 aliphatic rings. The monoisotopic (exact) mass is 604 g/mol. The molecule has 1 aromatic carbocycles. The molecule has 244 valence electrons. The lowest BCUT2D eigenvalue weighted by Crippen LogP contribution is -2.58. The maximum atomic E-state index is 13.0. The molecule has 0 amide bonds. The Hall–Kier alpha value is -2.23. The largest absolute Gasteiger partial charge is 0.504 e. The molecule has 5 rings (SSSR count). The fourth-order valence-electron chi connectivity index (χ4n) is 11.1. The Morgan fingerprint density at radius 3 is 2.41 bits per heavy atom. The Labute approximate surface area is 268 Å². The summed E-state index contributed by atoms with van der Waals surface area (Å²) in [5.41, 5.74) is 3.11. The van der Waals surface area contributed by atoms with Gasteiger partial charge in [-0.15, -0.1) is 0 Å². The molecule has 0 saturated heterocycles. The van der Waals surface area contributed by atoms with Crippen LogP contribution in [0.4, 0.5) is 0 Å². The van der Waals surface area contributed by atoms with E-state index < -0.39 is 0 Å². The second-order valence-electron chi connectivity index (χ2n) is 16.8. The summed E-state index contributed by atoms with van der Waals surface area (Å²) in [6.45, 7) is 19.8. The summed E-state index contributed by atoms with van der Waals surface area (Å²) in [6, 6.07) is 5.05. The molecule has 0 spiro atoms. The maximum absolute atomic E-state index is 13.0. The molecular formula is C40H60O4. The van der Waals surface area contributed by atoms with Gasteiger partial charge in [-0.3, -0.25) is 0 Å². The second-order valence-corrected chi connectivity index (χ2v) is 16.8. The quantitative estimate of drug-likeness (QED) is 0.173. The van der Waals surface area contributed by atoms with Crippen LogP contribution in [-0.4, -0.2) is 24.3 Å². The smallest absolute Gasteiger partial charge is 0.331 e. The first-order valence-electron chi connectivity index (χ1n) is 17.6. The number of phenolic OH excluding ortho intramolecular Hbond substituents is 1. The molecule has 1 N–H and O–H groups in total. The zero-order chi connectivity index (χ0) is 32.1. The predicted octanol–water partition coefficient (Wildman–Crippen LogP) is 10.4. The van der Waals surface area contributed by atoms with E-state index in [2.05, 4.69) is 61.5 Å². The molecule has 0 radical (unpaired) electrons. The Morgan fingerprint density at radius 1 is 0.977 bits per heavy atom. The van der Waals surface area contributed by atoms with E-state index in [1.807, 2.05) is 0 Å². The molecule has 0 aliphatic heterocycles. The lowest BCUT2D eigenvalue weighted by Gasteiger charge is -2.64. The fourth-order valence-corrected chi connectivity index (χ4v) is 11.1. The number of methoxy groups -OCH3 is 1. The summed E-state index contributed by atoms with van der Waals surface area (Å²) in [5.74, 6) is 4.07. The van der Waals surface area contributed by atoms with Gasteiger partial charge in [-0.2, -0.15) is 0 Å². The number of carbonyl (C=O) groups is 1. The van der Waals surface area contributed by atoms with Crippen molar-refractivity contribution in [1.29, 1.82) is 0 Å². The molecule has 0 unspecified atom stereocenters. The molecule has 4 aliphatic carbocycles. The van der Waals surface area contributed by atoms with Crippen LogP contribution < -0.4 is 4.74 Å². The highest BCUT2D eigenvalue weighted by atomic mass is 16.5. The van der Waals surface area contributed by atoms with E-state index in [0.717, 1.165) is 42.1 Å². The van der Waals surface area contributed by atoms with Gasteiger partial charge >= 0.3 is 5.97 Å². The third-order valence-corrected chi connectivity index (χ3v) is 13.8. The van der Waals surface area contributed by atoms with Crippen molar-refractivity contribution in [2.75, 3.05) is 7.11 Å². The average Bonchev–Trinajstić information content (AvgIpc) is 3.25. The molecule has 8 atom stereocenters. The number of phenols is 1. The number of hydrogen-bond acceptors (Lipinski definition) is 4. The minimum Gasteiger partial charge on any atom is -0.504 e. The lowest BCUT2D eigenvalue weighted by atomic mass is 9.40. The van der Waals surface area contributed by atoms with E-state index in [1.54, 1.807) is 24.3 Å². The number of fused-ring (bicyclic) bond motifs is 5. The van der Waals surface area contributed by atoms with Crippen LogP contribution in [0.3, 0.4) is 0 Å². The molecule has 0 aromatic heterocycles.